The van der Waals surface area contributed by atoms with Gasteiger partial charge in [-0.15, -0.1) is 0 Å². The summed E-state index contributed by atoms with van der Waals surface area (Å²) in [6.45, 7) is 0. The first-order chi connectivity index (χ1) is 7.22. The van der Waals surface area contributed by atoms with Crippen LogP contribution in [0.15, 0.2) is 36.4 Å². The highest BCUT2D eigenvalue weighted by Crippen LogP contribution is 2.25. The third kappa shape index (κ3) is 1.64. The van der Waals surface area contributed by atoms with Crippen LogP contribution < -0.4 is 0 Å². The Bertz CT molecular complexity index is 517. The Balaban J connectivity index is 2.67. The van der Waals surface area contributed by atoms with Gasteiger partial charge in [0, 0.05) is 0 Å². The molecule has 15 heavy (non-hydrogen) atoms. The summed E-state index contributed by atoms with van der Waals surface area (Å²) in [4.78, 5) is 11.3. The number of carbonyl (C=O) groups excluding carboxylic acids is 1. The molecule has 0 fully saturated rings. The molecule has 0 saturated carbocycles. The Labute approximate surface area is 86.9 Å². The maximum absolute atomic E-state index is 11.3. The molecule has 76 valence electrons. The van der Waals surface area contributed by atoms with E-state index in [1.807, 2.05) is 24.3 Å². The molecule has 0 saturated heterocycles. The van der Waals surface area contributed by atoms with E-state index in [9.17, 15) is 9.90 Å². The van der Waals surface area contributed by atoms with E-state index in [1.54, 1.807) is 12.1 Å². The summed E-state index contributed by atoms with van der Waals surface area (Å²) in [6.07, 6.45) is 0. The van der Waals surface area contributed by atoms with E-state index in [0.717, 1.165) is 10.8 Å². The molecule has 0 aliphatic heterocycles. The number of phenols is 1. The summed E-state index contributed by atoms with van der Waals surface area (Å²) in [5.74, 6) is -0.584. The molecule has 2 aromatic rings. The van der Waals surface area contributed by atoms with E-state index in [0.29, 0.717) is 0 Å². The molecule has 0 atom stereocenters. The van der Waals surface area contributed by atoms with E-state index in [4.69, 9.17) is 0 Å². The van der Waals surface area contributed by atoms with Crippen LogP contribution in [0.3, 0.4) is 0 Å². The summed E-state index contributed by atoms with van der Waals surface area (Å²) in [5, 5.41) is 11.4. The van der Waals surface area contributed by atoms with Gasteiger partial charge in [-0.05, 0) is 22.9 Å². The van der Waals surface area contributed by atoms with Crippen molar-refractivity contribution >= 4 is 16.7 Å². The maximum atomic E-state index is 11.3. The number of carbonyl (C=O) groups is 1. The molecule has 0 heterocycles. The number of esters is 1. The highest BCUT2D eigenvalue weighted by molar-refractivity contribution is 5.98. The molecule has 0 radical (unpaired) electrons. The lowest BCUT2D eigenvalue weighted by Gasteiger charge is -2.04. The van der Waals surface area contributed by atoms with Gasteiger partial charge in [0.05, 0.1) is 7.11 Å². The lowest BCUT2D eigenvalue weighted by molar-refractivity contribution is 0.0597. The van der Waals surface area contributed by atoms with Crippen LogP contribution in [0.4, 0.5) is 0 Å². The number of hydrogen-bond donors (Lipinski definition) is 1. The third-order valence-electron chi connectivity index (χ3n) is 2.27. The minimum atomic E-state index is -0.529. The zero-order valence-corrected chi connectivity index (χ0v) is 8.23. The monoisotopic (exact) mass is 203 g/mol. The van der Waals surface area contributed by atoms with Crippen molar-refractivity contribution in [1.29, 1.82) is 0 Å². The van der Waals surface area contributed by atoms with Crippen LogP contribution in [-0.2, 0) is 4.74 Å². The van der Waals surface area contributed by atoms with E-state index >= 15 is 0 Å². The standard InChI is InChI=1S/C12H10O3/c1-15-12(14)10-6-8-4-2-3-5-9(8)7-11(10)13/h2-7,13H,1H3/i11+1. The molecule has 0 bridgehead atoms. The molecule has 3 nitrogen and oxygen atoms in total. The van der Waals surface area contributed by atoms with Crippen molar-refractivity contribution in [2.75, 3.05) is 7.11 Å². The highest BCUT2D eigenvalue weighted by atomic mass is 16.5. The molecule has 2 rings (SSSR count). The van der Waals surface area contributed by atoms with Gasteiger partial charge in [-0.3, -0.25) is 0 Å². The second-order valence-electron chi connectivity index (χ2n) is 3.21. The number of rotatable bonds is 1. The Hall–Kier alpha value is -2.03. The molecule has 2 aromatic carbocycles. The minimum Gasteiger partial charge on any atom is -0.507 e. The summed E-state index contributed by atoms with van der Waals surface area (Å²) < 4.78 is 4.57. The second-order valence-corrected chi connectivity index (χ2v) is 3.21. The van der Waals surface area contributed by atoms with Crippen LogP contribution in [-0.4, -0.2) is 18.2 Å². The number of ether oxygens (including phenoxy) is 1. The molecular weight excluding hydrogens is 193 g/mol. The summed E-state index contributed by atoms with van der Waals surface area (Å²) in [7, 11) is 1.29. The van der Waals surface area contributed by atoms with Crippen molar-refractivity contribution in [3.63, 3.8) is 0 Å². The van der Waals surface area contributed by atoms with Gasteiger partial charge < -0.3 is 9.84 Å². The van der Waals surface area contributed by atoms with Crippen LogP contribution in [0.5, 0.6) is 5.75 Å². The predicted octanol–water partition coefficient (Wildman–Crippen LogP) is 2.33. The zero-order chi connectivity index (χ0) is 10.8. The van der Waals surface area contributed by atoms with Gasteiger partial charge in [-0.2, -0.15) is 0 Å². The Morgan fingerprint density at radius 1 is 1.20 bits per heavy atom. The molecule has 0 unspecified atom stereocenters. The van der Waals surface area contributed by atoms with Gasteiger partial charge in [0.15, 0.2) is 0 Å². The SMILES string of the molecule is COC(=O)c1cc2ccccc2c[13c]1O. The number of aromatic hydroxyl groups is 1. The Morgan fingerprint density at radius 2 is 1.80 bits per heavy atom. The first-order valence-electron chi connectivity index (χ1n) is 4.52. The van der Waals surface area contributed by atoms with E-state index in [1.165, 1.54) is 7.11 Å². The predicted molar refractivity (Wildman–Crippen MR) is 57.0 cm³/mol. The van der Waals surface area contributed by atoms with Crippen LogP contribution in [0.1, 0.15) is 10.4 Å². The lowest BCUT2D eigenvalue weighted by atomic mass is 10.1. The molecule has 1 N–H and O–H groups in total. The highest BCUT2D eigenvalue weighted by Gasteiger charge is 2.11. The van der Waals surface area contributed by atoms with Gasteiger partial charge in [-0.25, -0.2) is 4.79 Å². The largest absolute Gasteiger partial charge is 0.507 e. The zero-order valence-electron chi connectivity index (χ0n) is 8.23. The maximum Gasteiger partial charge on any atom is 0.341 e. The lowest BCUT2D eigenvalue weighted by Crippen LogP contribution is -2.01. The summed E-state index contributed by atoms with van der Waals surface area (Å²) in [6, 6.07) is 10.7. The minimum absolute atomic E-state index is 0.0550. The Morgan fingerprint density at radius 3 is 2.40 bits per heavy atom. The summed E-state index contributed by atoms with van der Waals surface area (Å²) in [5.41, 5.74) is 0.191. The second kappa shape index (κ2) is 3.61. The molecule has 0 aliphatic rings. The molecule has 0 aromatic heterocycles. The fraction of sp³-hybridized carbons (Fsp3) is 0.0833. The van der Waals surface area contributed by atoms with E-state index in [-0.39, 0.29) is 11.3 Å². The number of fused-ring (bicyclic) bond motifs is 1. The van der Waals surface area contributed by atoms with E-state index < -0.39 is 5.97 Å². The fourth-order valence-corrected chi connectivity index (χ4v) is 1.50. The molecular formula is C12H10O3. The first kappa shape index (κ1) is 9.52. The van der Waals surface area contributed by atoms with Gasteiger partial charge in [-0.1, -0.05) is 24.3 Å². The van der Waals surface area contributed by atoms with Gasteiger partial charge in [0.2, 0.25) is 0 Å². The van der Waals surface area contributed by atoms with Crippen molar-refractivity contribution in [3.05, 3.63) is 42.0 Å². The van der Waals surface area contributed by atoms with Crippen molar-refractivity contribution in [3.8, 4) is 5.75 Å². The average molecular weight is 203 g/mol. The van der Waals surface area contributed by atoms with Gasteiger partial charge in [0.1, 0.15) is 11.3 Å². The van der Waals surface area contributed by atoms with Crippen LogP contribution >= 0.6 is 0 Å². The van der Waals surface area contributed by atoms with Crippen molar-refractivity contribution in [2.24, 2.45) is 0 Å². The fourth-order valence-electron chi connectivity index (χ4n) is 1.50. The van der Waals surface area contributed by atoms with Crippen molar-refractivity contribution < 1.29 is 14.6 Å². The number of methoxy groups -OCH3 is 1. The first-order valence-corrected chi connectivity index (χ1v) is 4.52. The normalized spacial score (nSPS) is 10.2. The Kier molecular flexibility index (Phi) is 2.29. The van der Waals surface area contributed by atoms with Gasteiger partial charge >= 0.3 is 5.97 Å². The van der Waals surface area contributed by atoms with Crippen molar-refractivity contribution in [2.45, 2.75) is 0 Å². The smallest absolute Gasteiger partial charge is 0.341 e. The third-order valence-corrected chi connectivity index (χ3v) is 2.27. The molecule has 0 amide bonds. The average Bonchev–Trinajstić information content (AvgIpc) is 2.27. The quantitative estimate of drug-likeness (QED) is 0.723. The van der Waals surface area contributed by atoms with Gasteiger partial charge in [0.25, 0.3) is 0 Å². The van der Waals surface area contributed by atoms with Crippen LogP contribution in [0.2, 0.25) is 0 Å². The number of benzene rings is 2. The van der Waals surface area contributed by atoms with E-state index in [2.05, 4.69) is 4.74 Å². The molecule has 0 spiro atoms. The molecule has 0 aliphatic carbocycles. The summed E-state index contributed by atoms with van der Waals surface area (Å²) >= 11 is 0. The topological polar surface area (TPSA) is 46.5 Å². The number of hydrogen-bond acceptors (Lipinski definition) is 3. The van der Waals surface area contributed by atoms with Crippen LogP contribution in [0, 0.1) is 0 Å². The number of phenolic OH excluding ortho intramolecular Hbond substituents is 1. The van der Waals surface area contributed by atoms with Crippen molar-refractivity contribution in [1.82, 2.24) is 0 Å². The molecule has 3 heteroatoms. The van der Waals surface area contributed by atoms with Crippen LogP contribution in [0.25, 0.3) is 10.8 Å².